The number of aromatic nitrogens is 2. The predicted octanol–water partition coefficient (Wildman–Crippen LogP) is 3.55. The van der Waals surface area contributed by atoms with E-state index in [4.69, 9.17) is 11.6 Å². The normalized spacial score (nSPS) is 10.5. The maximum atomic E-state index is 12.4. The molecule has 0 unspecified atom stereocenters. The smallest absolute Gasteiger partial charge is 0.213 e. The second-order valence-corrected chi connectivity index (χ2v) is 4.73. The topological polar surface area (TPSA) is 34.9 Å². The van der Waals surface area contributed by atoms with Crippen LogP contribution >= 0.6 is 27.5 Å². The molecule has 0 aliphatic carbocycles. The molecule has 1 aromatic heterocycles. The van der Waals surface area contributed by atoms with Crippen molar-refractivity contribution in [3.8, 4) is 0 Å². The summed E-state index contributed by atoms with van der Waals surface area (Å²) in [6.45, 7) is 2.53. The van der Waals surface area contributed by atoms with E-state index in [9.17, 15) is 4.79 Å². The monoisotopic (exact) mass is 312 g/mol. The van der Waals surface area contributed by atoms with Crippen molar-refractivity contribution in [2.75, 3.05) is 0 Å². The molecular weight excluding hydrogens is 304 g/mol. The Labute approximate surface area is 113 Å². The van der Waals surface area contributed by atoms with Crippen molar-refractivity contribution in [2.45, 2.75) is 13.5 Å². The second-order valence-electron chi connectivity index (χ2n) is 3.47. The molecule has 0 amide bonds. The zero-order chi connectivity index (χ0) is 12.4. The number of rotatable bonds is 3. The molecule has 0 aliphatic heterocycles. The van der Waals surface area contributed by atoms with Crippen molar-refractivity contribution in [3.05, 3.63) is 51.2 Å². The van der Waals surface area contributed by atoms with E-state index >= 15 is 0 Å². The summed E-state index contributed by atoms with van der Waals surface area (Å²) in [5.41, 5.74) is 1.02. The van der Waals surface area contributed by atoms with Crippen molar-refractivity contribution in [2.24, 2.45) is 0 Å². The molecule has 3 nitrogen and oxygen atoms in total. The van der Waals surface area contributed by atoms with Crippen LogP contribution < -0.4 is 0 Å². The van der Waals surface area contributed by atoms with Gasteiger partial charge in [-0.05, 0) is 19.1 Å². The fourth-order valence-corrected chi connectivity index (χ4v) is 2.29. The molecule has 0 bridgehead atoms. The first-order chi connectivity index (χ1) is 8.15. The van der Waals surface area contributed by atoms with Crippen molar-refractivity contribution >= 4 is 33.3 Å². The van der Waals surface area contributed by atoms with Gasteiger partial charge < -0.3 is 0 Å². The van der Waals surface area contributed by atoms with Crippen molar-refractivity contribution in [1.29, 1.82) is 0 Å². The number of carbonyl (C=O) groups excluding carboxylic acids is 1. The predicted molar refractivity (Wildman–Crippen MR) is 70.5 cm³/mol. The van der Waals surface area contributed by atoms with E-state index in [1.807, 2.05) is 25.1 Å². The summed E-state index contributed by atoms with van der Waals surface area (Å²) in [4.78, 5) is 12.4. The van der Waals surface area contributed by atoms with E-state index < -0.39 is 0 Å². The summed E-state index contributed by atoms with van der Waals surface area (Å²) in [7, 11) is 0. The van der Waals surface area contributed by atoms with Crippen molar-refractivity contribution in [1.82, 2.24) is 9.78 Å². The SMILES string of the molecule is CCn1ncc(Cl)c1C(=O)c1ccccc1Br. The molecule has 2 aromatic rings. The van der Waals surface area contributed by atoms with Gasteiger partial charge >= 0.3 is 0 Å². The lowest BCUT2D eigenvalue weighted by molar-refractivity contribution is 0.102. The van der Waals surface area contributed by atoms with E-state index in [0.717, 1.165) is 4.47 Å². The van der Waals surface area contributed by atoms with Crippen LogP contribution in [0.2, 0.25) is 5.02 Å². The minimum atomic E-state index is -0.123. The molecule has 0 N–H and O–H groups in total. The number of hydrogen-bond donors (Lipinski definition) is 0. The molecule has 0 aliphatic rings. The molecule has 0 atom stereocenters. The fourth-order valence-electron chi connectivity index (χ4n) is 1.60. The van der Waals surface area contributed by atoms with Crippen LogP contribution in [-0.2, 0) is 6.54 Å². The highest BCUT2D eigenvalue weighted by Crippen LogP contribution is 2.23. The minimum absolute atomic E-state index is 0.123. The maximum Gasteiger partial charge on any atom is 0.213 e. The van der Waals surface area contributed by atoms with Gasteiger partial charge in [-0.3, -0.25) is 9.48 Å². The largest absolute Gasteiger partial charge is 0.287 e. The standard InChI is InChI=1S/C12H10BrClN2O/c1-2-16-11(10(14)7-15-16)12(17)8-5-3-4-6-9(8)13/h3-7H,2H2,1H3. The Morgan fingerprint density at radius 3 is 2.82 bits per heavy atom. The van der Waals surface area contributed by atoms with Crippen LogP contribution in [0.3, 0.4) is 0 Å². The number of ketones is 1. The summed E-state index contributed by atoms with van der Waals surface area (Å²) in [5.74, 6) is -0.123. The highest BCUT2D eigenvalue weighted by atomic mass is 79.9. The van der Waals surface area contributed by atoms with Gasteiger partial charge in [0.2, 0.25) is 5.78 Å². The van der Waals surface area contributed by atoms with E-state index in [1.165, 1.54) is 6.20 Å². The first-order valence-corrected chi connectivity index (χ1v) is 6.32. The van der Waals surface area contributed by atoms with Crippen molar-refractivity contribution in [3.63, 3.8) is 0 Å². The lowest BCUT2D eigenvalue weighted by Crippen LogP contribution is -2.11. The Balaban J connectivity index is 2.51. The third-order valence-corrected chi connectivity index (χ3v) is 3.40. The molecule has 5 heteroatoms. The summed E-state index contributed by atoms with van der Waals surface area (Å²) >= 11 is 9.36. The lowest BCUT2D eigenvalue weighted by atomic mass is 10.1. The van der Waals surface area contributed by atoms with Crippen LogP contribution in [0.15, 0.2) is 34.9 Å². The Hall–Kier alpha value is -1.13. The van der Waals surface area contributed by atoms with Crippen LogP contribution in [-0.4, -0.2) is 15.6 Å². The lowest BCUT2D eigenvalue weighted by Gasteiger charge is -2.06. The van der Waals surface area contributed by atoms with Gasteiger partial charge in [-0.2, -0.15) is 5.10 Å². The highest BCUT2D eigenvalue weighted by Gasteiger charge is 2.20. The average Bonchev–Trinajstić information content (AvgIpc) is 2.70. The first kappa shape index (κ1) is 12.3. The molecule has 1 heterocycles. The van der Waals surface area contributed by atoms with Crippen LogP contribution in [0, 0.1) is 0 Å². The Bertz CT molecular complexity index is 565. The van der Waals surface area contributed by atoms with Crippen LogP contribution in [0.4, 0.5) is 0 Å². The van der Waals surface area contributed by atoms with Gasteiger partial charge in [0, 0.05) is 16.6 Å². The Kier molecular flexibility index (Phi) is 3.64. The minimum Gasteiger partial charge on any atom is -0.287 e. The summed E-state index contributed by atoms with van der Waals surface area (Å²) < 4.78 is 2.36. The zero-order valence-corrected chi connectivity index (χ0v) is 11.5. The van der Waals surface area contributed by atoms with Crippen LogP contribution in [0.5, 0.6) is 0 Å². The molecule has 1 aromatic carbocycles. The molecule has 0 saturated carbocycles. The summed E-state index contributed by atoms with van der Waals surface area (Å²) in [6, 6.07) is 7.27. The van der Waals surface area contributed by atoms with Crippen LogP contribution in [0.25, 0.3) is 0 Å². The summed E-state index contributed by atoms with van der Waals surface area (Å²) in [6.07, 6.45) is 1.50. The van der Waals surface area contributed by atoms with Gasteiger partial charge in [-0.15, -0.1) is 0 Å². The Morgan fingerprint density at radius 1 is 1.47 bits per heavy atom. The maximum absolute atomic E-state index is 12.4. The number of halogens is 2. The molecule has 0 fully saturated rings. The third-order valence-electron chi connectivity index (χ3n) is 2.43. The molecule has 2 rings (SSSR count). The fraction of sp³-hybridized carbons (Fsp3) is 0.167. The van der Waals surface area contributed by atoms with Gasteiger partial charge in [0.05, 0.1) is 11.2 Å². The van der Waals surface area contributed by atoms with Gasteiger partial charge in [-0.1, -0.05) is 39.7 Å². The van der Waals surface area contributed by atoms with E-state index in [0.29, 0.717) is 22.8 Å². The molecule has 17 heavy (non-hydrogen) atoms. The van der Waals surface area contributed by atoms with Crippen molar-refractivity contribution < 1.29 is 4.79 Å². The van der Waals surface area contributed by atoms with E-state index in [2.05, 4.69) is 21.0 Å². The summed E-state index contributed by atoms with van der Waals surface area (Å²) in [5, 5.41) is 4.44. The van der Waals surface area contributed by atoms with Gasteiger partial charge in [-0.25, -0.2) is 0 Å². The quantitative estimate of drug-likeness (QED) is 0.812. The molecular formula is C12H10BrClN2O. The number of hydrogen-bond acceptors (Lipinski definition) is 2. The molecule has 0 radical (unpaired) electrons. The first-order valence-electron chi connectivity index (χ1n) is 5.15. The average molecular weight is 314 g/mol. The molecule has 0 saturated heterocycles. The highest BCUT2D eigenvalue weighted by molar-refractivity contribution is 9.10. The number of carbonyl (C=O) groups is 1. The number of nitrogens with zero attached hydrogens (tertiary/aromatic N) is 2. The van der Waals surface area contributed by atoms with E-state index in [-0.39, 0.29) is 5.78 Å². The third kappa shape index (κ3) is 2.28. The second kappa shape index (κ2) is 5.02. The van der Waals surface area contributed by atoms with Gasteiger partial charge in [0.25, 0.3) is 0 Å². The zero-order valence-electron chi connectivity index (χ0n) is 9.15. The molecule has 88 valence electrons. The molecule has 0 spiro atoms. The number of benzene rings is 1. The van der Waals surface area contributed by atoms with E-state index in [1.54, 1.807) is 10.7 Å². The van der Waals surface area contributed by atoms with Crippen LogP contribution in [0.1, 0.15) is 23.0 Å². The van der Waals surface area contributed by atoms with Gasteiger partial charge in [0.15, 0.2) is 0 Å². The number of aryl methyl sites for hydroxylation is 1. The Morgan fingerprint density at radius 2 is 2.18 bits per heavy atom. The van der Waals surface area contributed by atoms with Gasteiger partial charge in [0.1, 0.15) is 5.69 Å².